The molecule has 3 rings (SSSR count). The first-order valence-electron chi connectivity index (χ1n) is 9.19. The van der Waals surface area contributed by atoms with E-state index in [0.717, 1.165) is 12.8 Å². The van der Waals surface area contributed by atoms with Gasteiger partial charge in [-0.25, -0.2) is 0 Å². The molecule has 2 nitrogen and oxygen atoms in total. The molecule has 0 radical (unpaired) electrons. The minimum Gasteiger partial charge on any atom is -0.395 e. The summed E-state index contributed by atoms with van der Waals surface area (Å²) in [6.45, 7) is 3.98. The van der Waals surface area contributed by atoms with E-state index in [1.54, 1.807) is 0 Å². The Bertz CT molecular complexity index is 680. The normalized spacial score (nSPS) is 11.7. The van der Waals surface area contributed by atoms with Crippen molar-refractivity contribution in [1.29, 1.82) is 0 Å². The third-order valence-corrected chi connectivity index (χ3v) is 9.23. The zero-order valence-corrected chi connectivity index (χ0v) is 16.2. The molecule has 3 heteroatoms. The van der Waals surface area contributed by atoms with Crippen molar-refractivity contribution in [2.24, 2.45) is 0 Å². The maximum Gasteiger partial charge on any atom is 0.126 e. The third kappa shape index (κ3) is 3.88. The predicted molar refractivity (Wildman–Crippen MR) is 114 cm³/mol. The standard InChI is InChI=1S/C23H27NOP/c1-2-24(18-19-25)20-26(21-12-6-3-7-13-21,22-14-8-4-9-15-22)23-16-10-5-11-17-23/h3-17,25H,2,18-20H2,1H3/q+1. The van der Waals surface area contributed by atoms with Crippen LogP contribution in [0.5, 0.6) is 0 Å². The summed E-state index contributed by atoms with van der Waals surface area (Å²) in [6, 6.07) is 32.7. The second kappa shape index (κ2) is 9.09. The molecular formula is C23H27NOP+. The van der Waals surface area contributed by atoms with E-state index in [-0.39, 0.29) is 6.61 Å². The van der Waals surface area contributed by atoms with Crippen LogP contribution >= 0.6 is 7.26 Å². The molecule has 1 N–H and O–H groups in total. The van der Waals surface area contributed by atoms with Gasteiger partial charge in [0.25, 0.3) is 0 Å². The summed E-state index contributed by atoms with van der Waals surface area (Å²) < 4.78 is 0. The molecule has 0 aliphatic carbocycles. The van der Waals surface area contributed by atoms with Gasteiger partial charge < -0.3 is 5.11 Å². The second-order valence-electron chi connectivity index (χ2n) is 6.39. The van der Waals surface area contributed by atoms with Crippen molar-refractivity contribution in [2.75, 3.05) is 26.0 Å². The van der Waals surface area contributed by atoms with Crippen LogP contribution in [0, 0.1) is 0 Å². The first kappa shape index (κ1) is 18.8. The second-order valence-corrected chi connectivity index (χ2v) is 9.84. The highest BCUT2D eigenvalue weighted by atomic mass is 31.2. The van der Waals surface area contributed by atoms with Gasteiger partial charge in [-0.2, -0.15) is 0 Å². The van der Waals surface area contributed by atoms with Gasteiger partial charge in [-0.05, 0) is 42.9 Å². The number of aliphatic hydroxyl groups is 1. The van der Waals surface area contributed by atoms with Crippen LogP contribution in [0.25, 0.3) is 0 Å². The van der Waals surface area contributed by atoms with Crippen molar-refractivity contribution in [3.63, 3.8) is 0 Å². The lowest BCUT2D eigenvalue weighted by molar-refractivity contribution is 0.221. The van der Waals surface area contributed by atoms with E-state index in [1.807, 2.05) is 0 Å². The predicted octanol–water partition coefficient (Wildman–Crippen LogP) is 3.25. The molecular weight excluding hydrogens is 337 g/mol. The fourth-order valence-corrected chi connectivity index (χ4v) is 7.88. The summed E-state index contributed by atoms with van der Waals surface area (Å²) in [5.41, 5.74) is 0. The van der Waals surface area contributed by atoms with Crippen molar-refractivity contribution in [1.82, 2.24) is 4.90 Å². The molecule has 0 saturated carbocycles. The van der Waals surface area contributed by atoms with Crippen LogP contribution in [0.3, 0.4) is 0 Å². The molecule has 0 aromatic heterocycles. The minimum absolute atomic E-state index is 0.187. The van der Waals surface area contributed by atoms with Crippen LogP contribution in [-0.4, -0.2) is 36.0 Å². The molecule has 0 atom stereocenters. The highest BCUT2D eigenvalue weighted by Gasteiger charge is 2.46. The molecule has 26 heavy (non-hydrogen) atoms. The maximum atomic E-state index is 9.55. The highest BCUT2D eigenvalue weighted by Crippen LogP contribution is 2.55. The Morgan fingerprint density at radius 2 is 1.08 bits per heavy atom. The zero-order chi connectivity index (χ0) is 18.2. The smallest absolute Gasteiger partial charge is 0.126 e. The van der Waals surface area contributed by atoms with Gasteiger partial charge >= 0.3 is 0 Å². The summed E-state index contributed by atoms with van der Waals surface area (Å²) in [5.74, 6) is 0. The number of rotatable bonds is 8. The molecule has 0 unspecified atom stereocenters. The minimum atomic E-state index is -1.84. The zero-order valence-electron chi connectivity index (χ0n) is 15.3. The molecule has 134 valence electrons. The number of aliphatic hydroxyl groups excluding tert-OH is 1. The Balaban J connectivity index is 2.24. The number of likely N-dealkylation sites (N-methyl/N-ethyl adjacent to an activating group) is 1. The maximum absolute atomic E-state index is 9.55. The quantitative estimate of drug-likeness (QED) is 0.620. The SMILES string of the molecule is CCN(CCO)C[P+](c1ccccc1)(c1ccccc1)c1ccccc1. The van der Waals surface area contributed by atoms with Gasteiger partial charge in [0.15, 0.2) is 0 Å². The van der Waals surface area contributed by atoms with Gasteiger partial charge in [0.1, 0.15) is 29.5 Å². The lowest BCUT2D eigenvalue weighted by Gasteiger charge is -2.32. The van der Waals surface area contributed by atoms with Crippen molar-refractivity contribution in [3.05, 3.63) is 91.0 Å². The van der Waals surface area contributed by atoms with E-state index >= 15 is 0 Å². The Labute approximate surface area is 157 Å². The largest absolute Gasteiger partial charge is 0.395 e. The summed E-state index contributed by atoms with van der Waals surface area (Å²) in [4.78, 5) is 2.38. The molecule has 3 aromatic rings. The van der Waals surface area contributed by atoms with Crippen molar-refractivity contribution >= 4 is 23.2 Å². The summed E-state index contributed by atoms with van der Waals surface area (Å²) >= 11 is 0. The van der Waals surface area contributed by atoms with Gasteiger partial charge in [-0.1, -0.05) is 61.5 Å². The Morgan fingerprint density at radius 3 is 1.38 bits per heavy atom. The van der Waals surface area contributed by atoms with Gasteiger partial charge in [-0.3, -0.25) is 4.90 Å². The topological polar surface area (TPSA) is 23.5 Å². The van der Waals surface area contributed by atoms with E-state index in [4.69, 9.17) is 0 Å². The van der Waals surface area contributed by atoms with E-state index in [9.17, 15) is 5.11 Å². The number of nitrogens with zero attached hydrogens (tertiary/aromatic N) is 1. The van der Waals surface area contributed by atoms with Crippen LogP contribution in [0.4, 0.5) is 0 Å². The first-order valence-corrected chi connectivity index (χ1v) is 11.2. The number of hydrogen-bond donors (Lipinski definition) is 1. The van der Waals surface area contributed by atoms with Crippen LogP contribution < -0.4 is 15.9 Å². The van der Waals surface area contributed by atoms with E-state index in [1.165, 1.54) is 15.9 Å². The number of benzene rings is 3. The van der Waals surface area contributed by atoms with Gasteiger partial charge in [0, 0.05) is 6.54 Å². The average molecular weight is 364 g/mol. The molecule has 3 aromatic carbocycles. The Kier molecular flexibility index (Phi) is 6.57. The monoisotopic (exact) mass is 364 g/mol. The van der Waals surface area contributed by atoms with Gasteiger partial charge in [-0.15, -0.1) is 0 Å². The van der Waals surface area contributed by atoms with E-state index < -0.39 is 7.26 Å². The van der Waals surface area contributed by atoms with Gasteiger partial charge in [0.2, 0.25) is 0 Å². The summed E-state index contributed by atoms with van der Waals surface area (Å²) in [7, 11) is -1.84. The number of hydrogen-bond acceptors (Lipinski definition) is 2. The van der Waals surface area contributed by atoms with Crippen molar-refractivity contribution in [2.45, 2.75) is 6.92 Å². The Morgan fingerprint density at radius 1 is 0.692 bits per heavy atom. The van der Waals surface area contributed by atoms with Gasteiger partial charge in [0.05, 0.1) is 6.61 Å². The van der Waals surface area contributed by atoms with E-state index in [2.05, 4.69) is 103 Å². The molecule has 0 spiro atoms. The molecule has 0 saturated heterocycles. The molecule has 0 aliphatic rings. The molecule has 0 fully saturated rings. The van der Waals surface area contributed by atoms with Crippen LogP contribution in [0.2, 0.25) is 0 Å². The van der Waals surface area contributed by atoms with Crippen LogP contribution in [-0.2, 0) is 0 Å². The summed E-state index contributed by atoms with van der Waals surface area (Å²) in [5, 5.41) is 13.7. The third-order valence-electron chi connectivity index (χ3n) is 4.87. The fourth-order valence-electron chi connectivity index (χ4n) is 3.51. The molecule has 0 aliphatic heterocycles. The van der Waals surface area contributed by atoms with Crippen LogP contribution in [0.15, 0.2) is 91.0 Å². The Hall–Kier alpha value is -1.99. The van der Waals surface area contributed by atoms with E-state index in [0.29, 0.717) is 6.54 Å². The lowest BCUT2D eigenvalue weighted by atomic mass is 10.4. The molecule has 0 heterocycles. The van der Waals surface area contributed by atoms with Crippen molar-refractivity contribution < 1.29 is 5.11 Å². The first-order chi connectivity index (χ1) is 12.8. The molecule has 0 bridgehead atoms. The molecule has 0 amide bonds. The lowest BCUT2D eigenvalue weighted by Crippen LogP contribution is -2.40. The van der Waals surface area contributed by atoms with Crippen LogP contribution in [0.1, 0.15) is 6.92 Å². The highest BCUT2D eigenvalue weighted by molar-refractivity contribution is 7.95. The van der Waals surface area contributed by atoms with Crippen molar-refractivity contribution in [3.8, 4) is 0 Å². The summed E-state index contributed by atoms with van der Waals surface area (Å²) in [6.07, 6.45) is 0.933. The fraction of sp³-hybridized carbons (Fsp3) is 0.217. The average Bonchev–Trinajstić information content (AvgIpc) is 2.73.